The summed E-state index contributed by atoms with van der Waals surface area (Å²) in [5.41, 5.74) is 2.40. The van der Waals surface area contributed by atoms with Crippen molar-refractivity contribution in [1.82, 2.24) is 15.1 Å². The second kappa shape index (κ2) is 6.76. The predicted octanol–water partition coefficient (Wildman–Crippen LogP) is 3.01. The minimum absolute atomic E-state index is 0.612. The van der Waals surface area contributed by atoms with Crippen molar-refractivity contribution in [2.24, 2.45) is 5.92 Å². The molecule has 1 N–H and O–H groups in total. The van der Waals surface area contributed by atoms with E-state index in [1.54, 1.807) is 0 Å². The molecule has 0 amide bonds. The fraction of sp³-hybridized carbons (Fsp3) is 0.471. The first-order valence-corrected chi connectivity index (χ1v) is 7.70. The van der Waals surface area contributed by atoms with Gasteiger partial charge >= 0.3 is 0 Å². The van der Waals surface area contributed by atoms with Gasteiger partial charge in [-0.25, -0.2) is 0 Å². The quantitative estimate of drug-likeness (QED) is 0.918. The van der Waals surface area contributed by atoms with Crippen molar-refractivity contribution >= 4 is 0 Å². The van der Waals surface area contributed by atoms with Gasteiger partial charge in [-0.05, 0) is 44.0 Å². The molecule has 3 rings (SSSR count). The van der Waals surface area contributed by atoms with Crippen LogP contribution >= 0.6 is 0 Å². The maximum Gasteiger partial charge on any atom is 0.122 e. The summed E-state index contributed by atoms with van der Waals surface area (Å²) in [5, 5.41) is 7.06. The molecule has 0 saturated carbocycles. The zero-order valence-electron chi connectivity index (χ0n) is 12.6. The first-order chi connectivity index (χ1) is 10.3. The topological polar surface area (TPSA) is 41.1 Å². The fourth-order valence-electron chi connectivity index (χ4n) is 2.97. The summed E-state index contributed by atoms with van der Waals surface area (Å²) in [6.07, 6.45) is 4.32. The number of piperidine rings is 1. The molecule has 1 fully saturated rings. The molecule has 0 radical (unpaired) electrons. The van der Waals surface area contributed by atoms with Gasteiger partial charge in [-0.15, -0.1) is 0 Å². The van der Waals surface area contributed by atoms with Crippen LogP contribution in [0.5, 0.6) is 5.75 Å². The van der Waals surface area contributed by atoms with Gasteiger partial charge < -0.3 is 4.74 Å². The first-order valence-electron chi connectivity index (χ1n) is 7.70. The summed E-state index contributed by atoms with van der Waals surface area (Å²) in [4.78, 5) is 2.49. The Bertz CT molecular complexity index is 553. The summed E-state index contributed by atoms with van der Waals surface area (Å²) >= 11 is 0. The van der Waals surface area contributed by atoms with Crippen LogP contribution in [0.25, 0.3) is 0 Å². The van der Waals surface area contributed by atoms with Gasteiger partial charge in [0.2, 0.25) is 0 Å². The van der Waals surface area contributed by atoms with Crippen LogP contribution in [0.3, 0.4) is 0 Å². The zero-order chi connectivity index (χ0) is 14.5. The highest BCUT2D eigenvalue weighted by molar-refractivity contribution is 5.31. The highest BCUT2D eigenvalue weighted by Gasteiger charge is 2.21. The molecule has 1 aliphatic rings. The number of rotatable bonds is 5. The van der Waals surface area contributed by atoms with Gasteiger partial charge in [0, 0.05) is 30.9 Å². The third-order valence-electron chi connectivity index (χ3n) is 4.12. The van der Waals surface area contributed by atoms with Crippen LogP contribution in [-0.2, 0) is 6.54 Å². The minimum Gasteiger partial charge on any atom is -0.493 e. The van der Waals surface area contributed by atoms with Gasteiger partial charge in [0.15, 0.2) is 0 Å². The lowest BCUT2D eigenvalue weighted by Crippen LogP contribution is -2.37. The summed E-state index contributed by atoms with van der Waals surface area (Å²) < 4.78 is 6.01. The Kier molecular flexibility index (Phi) is 4.55. The second-order valence-corrected chi connectivity index (χ2v) is 5.90. The Labute approximate surface area is 126 Å². The number of ether oxygens (including phenoxy) is 1. The smallest absolute Gasteiger partial charge is 0.122 e. The van der Waals surface area contributed by atoms with E-state index in [9.17, 15) is 0 Å². The number of H-pyrrole nitrogens is 1. The van der Waals surface area contributed by atoms with Crippen molar-refractivity contribution in [2.45, 2.75) is 26.3 Å². The summed E-state index contributed by atoms with van der Waals surface area (Å²) in [5.74, 6) is 1.63. The zero-order valence-corrected chi connectivity index (χ0v) is 12.6. The number of aromatic amines is 1. The maximum atomic E-state index is 6.01. The lowest BCUT2D eigenvalue weighted by Gasteiger charge is -2.32. The average molecular weight is 285 g/mol. The van der Waals surface area contributed by atoms with E-state index in [0.717, 1.165) is 25.4 Å². The Morgan fingerprint density at radius 3 is 3.05 bits per heavy atom. The van der Waals surface area contributed by atoms with E-state index in [0.29, 0.717) is 5.92 Å². The van der Waals surface area contributed by atoms with Crippen LogP contribution in [0.4, 0.5) is 0 Å². The standard InChI is InChI=1S/C17H23N3O/c1-14-5-2-3-7-17(14)21-13-15-6-4-10-20(11-15)12-16-8-9-18-19-16/h2-3,5,7-9,15H,4,6,10-13H2,1H3,(H,18,19)/t15-/m1/s1. The van der Waals surface area contributed by atoms with E-state index < -0.39 is 0 Å². The number of para-hydroxylation sites is 1. The number of nitrogens with one attached hydrogen (secondary N) is 1. The Morgan fingerprint density at radius 1 is 1.33 bits per heavy atom. The number of hydrogen-bond donors (Lipinski definition) is 1. The van der Waals surface area contributed by atoms with E-state index >= 15 is 0 Å². The van der Waals surface area contributed by atoms with Crippen LogP contribution in [0.2, 0.25) is 0 Å². The molecule has 4 heteroatoms. The highest BCUT2D eigenvalue weighted by atomic mass is 16.5. The van der Waals surface area contributed by atoms with E-state index in [1.807, 2.05) is 18.3 Å². The summed E-state index contributed by atoms with van der Waals surface area (Å²) in [6.45, 7) is 6.14. The number of aromatic nitrogens is 2. The lowest BCUT2D eigenvalue weighted by atomic mass is 9.99. The Hall–Kier alpha value is -1.81. The fourth-order valence-corrected chi connectivity index (χ4v) is 2.97. The molecule has 2 aromatic rings. The van der Waals surface area contributed by atoms with Crippen molar-refractivity contribution in [1.29, 1.82) is 0 Å². The largest absolute Gasteiger partial charge is 0.493 e. The van der Waals surface area contributed by atoms with Gasteiger partial charge in [0.25, 0.3) is 0 Å². The first kappa shape index (κ1) is 14.1. The number of nitrogens with zero attached hydrogens (tertiary/aromatic N) is 2. The van der Waals surface area contributed by atoms with Crippen molar-refractivity contribution in [2.75, 3.05) is 19.7 Å². The summed E-state index contributed by atoms with van der Waals surface area (Å²) in [7, 11) is 0. The lowest BCUT2D eigenvalue weighted by molar-refractivity contribution is 0.124. The molecule has 0 bridgehead atoms. The van der Waals surface area contributed by atoms with Crippen molar-refractivity contribution in [3.05, 3.63) is 47.8 Å². The molecular formula is C17H23N3O. The number of aryl methyl sites for hydroxylation is 1. The molecule has 1 aromatic heterocycles. The van der Waals surface area contributed by atoms with Crippen LogP contribution in [0.1, 0.15) is 24.1 Å². The van der Waals surface area contributed by atoms with Gasteiger partial charge in [-0.3, -0.25) is 10.00 Å². The number of benzene rings is 1. The molecule has 1 aromatic carbocycles. The SMILES string of the molecule is Cc1ccccc1OC[C@@H]1CCCN(Cc2ccn[nH]2)C1. The van der Waals surface area contributed by atoms with Gasteiger partial charge in [0.1, 0.15) is 5.75 Å². The number of hydrogen-bond acceptors (Lipinski definition) is 3. The van der Waals surface area contributed by atoms with E-state index in [2.05, 4.69) is 40.2 Å². The Morgan fingerprint density at radius 2 is 2.24 bits per heavy atom. The van der Waals surface area contributed by atoms with Gasteiger partial charge in [-0.1, -0.05) is 18.2 Å². The van der Waals surface area contributed by atoms with Gasteiger partial charge in [-0.2, -0.15) is 5.10 Å². The molecule has 112 valence electrons. The third kappa shape index (κ3) is 3.85. The molecule has 0 aliphatic carbocycles. The number of likely N-dealkylation sites (tertiary alicyclic amines) is 1. The predicted molar refractivity (Wildman–Crippen MR) is 83.3 cm³/mol. The van der Waals surface area contributed by atoms with Crippen molar-refractivity contribution in [3.8, 4) is 5.75 Å². The van der Waals surface area contributed by atoms with Crippen LogP contribution in [0, 0.1) is 12.8 Å². The Balaban J connectivity index is 1.51. The second-order valence-electron chi connectivity index (χ2n) is 5.90. The highest BCUT2D eigenvalue weighted by Crippen LogP contribution is 2.21. The molecule has 2 heterocycles. The van der Waals surface area contributed by atoms with E-state index in [-0.39, 0.29) is 0 Å². The van der Waals surface area contributed by atoms with Crippen LogP contribution in [0.15, 0.2) is 36.5 Å². The average Bonchev–Trinajstić information content (AvgIpc) is 3.00. The molecule has 1 aliphatic heterocycles. The molecule has 21 heavy (non-hydrogen) atoms. The minimum atomic E-state index is 0.612. The third-order valence-corrected chi connectivity index (χ3v) is 4.12. The molecule has 4 nitrogen and oxygen atoms in total. The maximum absolute atomic E-state index is 6.01. The van der Waals surface area contributed by atoms with Crippen molar-refractivity contribution in [3.63, 3.8) is 0 Å². The monoisotopic (exact) mass is 285 g/mol. The summed E-state index contributed by atoms with van der Waals surface area (Å²) in [6, 6.07) is 10.3. The molecule has 0 unspecified atom stereocenters. The van der Waals surface area contributed by atoms with Crippen LogP contribution < -0.4 is 4.74 Å². The van der Waals surface area contributed by atoms with E-state index in [1.165, 1.54) is 30.6 Å². The molecular weight excluding hydrogens is 262 g/mol. The van der Waals surface area contributed by atoms with Gasteiger partial charge in [0.05, 0.1) is 6.61 Å². The molecule has 0 spiro atoms. The molecule has 1 atom stereocenters. The normalized spacial score (nSPS) is 19.6. The van der Waals surface area contributed by atoms with E-state index in [4.69, 9.17) is 4.74 Å². The molecule has 1 saturated heterocycles. The van der Waals surface area contributed by atoms with Crippen molar-refractivity contribution < 1.29 is 4.74 Å². The van der Waals surface area contributed by atoms with Crippen LogP contribution in [-0.4, -0.2) is 34.8 Å².